The van der Waals surface area contributed by atoms with Gasteiger partial charge in [-0.1, -0.05) is 30.0 Å². The van der Waals surface area contributed by atoms with Gasteiger partial charge in [0.2, 0.25) is 0 Å². The van der Waals surface area contributed by atoms with Gasteiger partial charge >= 0.3 is 5.97 Å². The second-order valence-corrected chi connectivity index (χ2v) is 7.71. The molecule has 0 saturated carbocycles. The Morgan fingerprint density at radius 3 is 2.75 bits per heavy atom. The van der Waals surface area contributed by atoms with E-state index in [4.69, 9.17) is 4.74 Å². The molecule has 20 heavy (non-hydrogen) atoms. The number of carbonyl (C=O) groups is 1. The average Bonchev–Trinajstić information content (AvgIpc) is 2.80. The topological polar surface area (TPSA) is 64.1 Å². The Balaban J connectivity index is 2.70. The van der Waals surface area contributed by atoms with Crippen molar-refractivity contribution in [2.24, 2.45) is 0 Å². The van der Waals surface area contributed by atoms with E-state index in [2.05, 4.69) is 22.4 Å². The molecule has 0 saturated heterocycles. The van der Waals surface area contributed by atoms with Gasteiger partial charge in [-0.2, -0.15) is 0 Å². The number of hydrogen-bond donors (Lipinski definition) is 1. The molecule has 0 aliphatic heterocycles. The molecule has 5 nitrogen and oxygen atoms in total. The van der Waals surface area contributed by atoms with Gasteiger partial charge in [-0.15, -0.1) is 10.2 Å². The molecule has 1 aromatic heterocycles. The van der Waals surface area contributed by atoms with Crippen molar-refractivity contribution in [3.63, 3.8) is 0 Å². The van der Waals surface area contributed by atoms with Crippen LogP contribution < -0.4 is 5.32 Å². The van der Waals surface area contributed by atoms with E-state index in [-0.39, 0.29) is 17.3 Å². The normalized spacial score (nSPS) is 15.9. The SMILES string of the molecule is CCOC(=O)C(C)(CC(C)Sc1nncs1)NC(C)C. The van der Waals surface area contributed by atoms with Gasteiger partial charge < -0.3 is 4.74 Å². The fourth-order valence-corrected chi connectivity index (χ4v) is 4.11. The molecule has 114 valence electrons. The van der Waals surface area contributed by atoms with Crippen LogP contribution in [0.3, 0.4) is 0 Å². The predicted molar refractivity (Wildman–Crippen MR) is 83.2 cm³/mol. The first-order valence-corrected chi connectivity index (χ1v) is 8.51. The summed E-state index contributed by atoms with van der Waals surface area (Å²) in [6, 6.07) is 0.211. The lowest BCUT2D eigenvalue weighted by atomic mass is 9.95. The summed E-state index contributed by atoms with van der Waals surface area (Å²) >= 11 is 3.15. The lowest BCUT2D eigenvalue weighted by Crippen LogP contribution is -2.54. The summed E-state index contributed by atoms with van der Waals surface area (Å²) in [6.45, 7) is 10.3. The Labute approximate surface area is 128 Å². The van der Waals surface area contributed by atoms with Crippen molar-refractivity contribution in [3.05, 3.63) is 5.51 Å². The fraction of sp³-hybridized carbons (Fsp3) is 0.769. The Kier molecular flexibility index (Phi) is 6.91. The zero-order valence-electron chi connectivity index (χ0n) is 12.7. The number of aromatic nitrogens is 2. The van der Waals surface area contributed by atoms with Crippen LogP contribution in [-0.4, -0.2) is 39.6 Å². The Bertz CT molecular complexity index is 412. The minimum Gasteiger partial charge on any atom is -0.465 e. The van der Waals surface area contributed by atoms with Crippen LogP contribution in [0.4, 0.5) is 0 Å². The van der Waals surface area contributed by atoms with E-state index < -0.39 is 5.54 Å². The molecule has 0 aliphatic carbocycles. The van der Waals surface area contributed by atoms with Gasteiger partial charge in [-0.05, 0) is 34.1 Å². The van der Waals surface area contributed by atoms with Crippen LogP contribution in [0.1, 0.15) is 41.0 Å². The number of carbonyl (C=O) groups excluding carboxylic acids is 1. The maximum Gasteiger partial charge on any atom is 0.326 e. The molecule has 0 aromatic carbocycles. The molecule has 1 rings (SSSR count). The molecule has 0 spiro atoms. The first-order valence-electron chi connectivity index (χ1n) is 6.75. The Morgan fingerprint density at radius 1 is 1.55 bits per heavy atom. The third-order valence-corrected chi connectivity index (χ3v) is 4.58. The van der Waals surface area contributed by atoms with Gasteiger partial charge in [-0.25, -0.2) is 0 Å². The van der Waals surface area contributed by atoms with Crippen LogP contribution in [0.15, 0.2) is 9.85 Å². The largest absolute Gasteiger partial charge is 0.465 e. The average molecular weight is 317 g/mol. The summed E-state index contributed by atoms with van der Waals surface area (Å²) < 4.78 is 6.13. The lowest BCUT2D eigenvalue weighted by molar-refractivity contribution is -0.151. The Hall–Kier alpha value is -0.660. The number of ether oxygens (including phenoxy) is 1. The first kappa shape index (κ1) is 17.4. The van der Waals surface area contributed by atoms with Gasteiger partial charge in [0.05, 0.1) is 6.61 Å². The van der Waals surface area contributed by atoms with E-state index in [0.29, 0.717) is 13.0 Å². The van der Waals surface area contributed by atoms with E-state index in [0.717, 1.165) is 4.34 Å². The molecule has 2 atom stereocenters. The number of thioether (sulfide) groups is 1. The first-order chi connectivity index (χ1) is 9.37. The number of esters is 1. The zero-order chi connectivity index (χ0) is 15.2. The molecule has 0 bridgehead atoms. The van der Waals surface area contributed by atoms with Crippen molar-refractivity contribution in [3.8, 4) is 0 Å². The molecule has 0 radical (unpaired) electrons. The Morgan fingerprint density at radius 2 is 2.25 bits per heavy atom. The second kappa shape index (κ2) is 7.95. The molecule has 7 heteroatoms. The molecule has 0 aliphatic rings. The maximum atomic E-state index is 12.2. The third-order valence-electron chi connectivity index (χ3n) is 2.67. The van der Waals surface area contributed by atoms with Gasteiger partial charge in [0.1, 0.15) is 11.0 Å². The van der Waals surface area contributed by atoms with Crippen molar-refractivity contribution in [2.45, 2.75) is 62.2 Å². The van der Waals surface area contributed by atoms with E-state index in [1.165, 1.54) is 11.3 Å². The van der Waals surface area contributed by atoms with Crippen LogP contribution in [0.25, 0.3) is 0 Å². The highest BCUT2D eigenvalue weighted by molar-refractivity contribution is 8.01. The summed E-state index contributed by atoms with van der Waals surface area (Å²) in [5, 5.41) is 11.4. The second-order valence-electron chi connectivity index (χ2n) is 5.19. The molecule has 0 fully saturated rings. The van der Waals surface area contributed by atoms with E-state index in [1.54, 1.807) is 17.3 Å². The highest BCUT2D eigenvalue weighted by Crippen LogP contribution is 2.30. The third kappa shape index (κ3) is 5.38. The van der Waals surface area contributed by atoms with Crippen molar-refractivity contribution < 1.29 is 9.53 Å². The van der Waals surface area contributed by atoms with E-state index >= 15 is 0 Å². The van der Waals surface area contributed by atoms with Crippen molar-refractivity contribution >= 4 is 29.1 Å². The summed E-state index contributed by atoms with van der Waals surface area (Å²) in [4.78, 5) is 12.2. The summed E-state index contributed by atoms with van der Waals surface area (Å²) in [6.07, 6.45) is 0.675. The smallest absolute Gasteiger partial charge is 0.326 e. The summed E-state index contributed by atoms with van der Waals surface area (Å²) in [5.41, 5.74) is 1.03. The van der Waals surface area contributed by atoms with Gasteiger partial charge in [0.15, 0.2) is 4.34 Å². The monoisotopic (exact) mass is 317 g/mol. The predicted octanol–water partition coefficient (Wildman–Crippen LogP) is 2.73. The van der Waals surface area contributed by atoms with Crippen LogP contribution in [0, 0.1) is 0 Å². The highest BCUT2D eigenvalue weighted by atomic mass is 32.2. The molecule has 1 aromatic rings. The van der Waals surface area contributed by atoms with Crippen LogP contribution in [0.5, 0.6) is 0 Å². The van der Waals surface area contributed by atoms with E-state index in [1.807, 2.05) is 27.7 Å². The van der Waals surface area contributed by atoms with Crippen LogP contribution >= 0.6 is 23.1 Å². The fourth-order valence-electron chi connectivity index (χ4n) is 2.13. The van der Waals surface area contributed by atoms with Crippen molar-refractivity contribution in [2.75, 3.05) is 6.61 Å². The van der Waals surface area contributed by atoms with Crippen LogP contribution in [0.2, 0.25) is 0 Å². The molecule has 1 N–H and O–H groups in total. The van der Waals surface area contributed by atoms with Crippen LogP contribution in [-0.2, 0) is 9.53 Å². The van der Waals surface area contributed by atoms with Gasteiger partial charge in [0, 0.05) is 11.3 Å². The van der Waals surface area contributed by atoms with Crippen molar-refractivity contribution in [1.82, 2.24) is 15.5 Å². The molecule has 2 unspecified atom stereocenters. The minimum absolute atomic E-state index is 0.196. The van der Waals surface area contributed by atoms with Gasteiger partial charge in [-0.3, -0.25) is 10.1 Å². The number of nitrogens with zero attached hydrogens (tertiary/aromatic N) is 2. The molecule has 0 amide bonds. The number of hydrogen-bond acceptors (Lipinski definition) is 7. The van der Waals surface area contributed by atoms with E-state index in [9.17, 15) is 4.79 Å². The standard InChI is InChI=1S/C13H23N3O2S2/c1-6-18-11(17)13(5,15-9(2)3)7-10(4)20-12-16-14-8-19-12/h8-10,15H,6-7H2,1-5H3. The summed E-state index contributed by atoms with van der Waals surface area (Å²) in [5.74, 6) is -0.196. The quantitative estimate of drug-likeness (QED) is 0.587. The maximum absolute atomic E-state index is 12.2. The minimum atomic E-state index is -0.679. The molecule has 1 heterocycles. The molecular weight excluding hydrogens is 294 g/mol. The number of nitrogens with one attached hydrogen (secondary N) is 1. The molecular formula is C13H23N3O2S2. The lowest BCUT2D eigenvalue weighted by Gasteiger charge is -2.32. The highest BCUT2D eigenvalue weighted by Gasteiger charge is 2.36. The number of rotatable bonds is 8. The van der Waals surface area contributed by atoms with Gasteiger partial charge in [0.25, 0.3) is 0 Å². The summed E-state index contributed by atoms with van der Waals surface area (Å²) in [7, 11) is 0. The van der Waals surface area contributed by atoms with Crippen molar-refractivity contribution in [1.29, 1.82) is 0 Å². The zero-order valence-corrected chi connectivity index (χ0v) is 14.3.